The summed E-state index contributed by atoms with van der Waals surface area (Å²) in [5.74, 6) is -0.574. The Morgan fingerprint density at radius 3 is 2.71 bits per heavy atom. The number of nitro groups is 1. The fourth-order valence-electron chi connectivity index (χ4n) is 1.83. The summed E-state index contributed by atoms with van der Waals surface area (Å²) in [4.78, 5) is 22.6. The molecule has 0 saturated heterocycles. The van der Waals surface area contributed by atoms with Crippen LogP contribution >= 0.6 is 15.9 Å². The van der Waals surface area contributed by atoms with Crippen molar-refractivity contribution in [3.05, 3.63) is 62.1 Å². The minimum absolute atomic E-state index is 0.0700. The highest BCUT2D eigenvalue weighted by atomic mass is 79.9. The summed E-state index contributed by atoms with van der Waals surface area (Å²) in [5.41, 5.74) is 6.94. The summed E-state index contributed by atoms with van der Waals surface area (Å²) in [6.07, 6.45) is 0. The molecule has 0 bridgehead atoms. The Labute approximate surface area is 129 Å². The Hall–Kier alpha value is -2.41. The molecule has 7 heteroatoms. The van der Waals surface area contributed by atoms with Gasteiger partial charge in [0.1, 0.15) is 5.56 Å². The molecule has 21 heavy (non-hydrogen) atoms. The van der Waals surface area contributed by atoms with Gasteiger partial charge in [-0.05, 0) is 36.8 Å². The minimum atomic E-state index is -0.609. The van der Waals surface area contributed by atoms with Crippen LogP contribution in [0.5, 0.6) is 0 Å². The molecule has 0 fully saturated rings. The maximum absolute atomic E-state index is 12.3. The van der Waals surface area contributed by atoms with Crippen LogP contribution in [0.25, 0.3) is 0 Å². The summed E-state index contributed by atoms with van der Waals surface area (Å²) < 4.78 is 0.836. The van der Waals surface area contributed by atoms with Gasteiger partial charge in [-0.3, -0.25) is 14.9 Å². The number of benzene rings is 2. The average molecular weight is 350 g/mol. The van der Waals surface area contributed by atoms with Crippen LogP contribution in [-0.4, -0.2) is 10.8 Å². The summed E-state index contributed by atoms with van der Waals surface area (Å²) >= 11 is 3.36. The predicted octanol–water partition coefficient (Wildman–Crippen LogP) is 3.50. The lowest BCUT2D eigenvalue weighted by atomic mass is 10.1. The van der Waals surface area contributed by atoms with Gasteiger partial charge in [0.2, 0.25) is 0 Å². The number of nitro benzene ring substituents is 1. The maximum Gasteiger partial charge on any atom is 0.282 e. The van der Waals surface area contributed by atoms with Crippen LogP contribution in [0.1, 0.15) is 15.9 Å². The van der Waals surface area contributed by atoms with E-state index in [1.807, 2.05) is 13.0 Å². The number of nitrogen functional groups attached to an aromatic ring is 1. The number of amides is 1. The Bertz CT molecular complexity index is 731. The van der Waals surface area contributed by atoms with Crippen molar-refractivity contribution in [3.63, 3.8) is 0 Å². The van der Waals surface area contributed by atoms with Crippen molar-refractivity contribution in [2.24, 2.45) is 0 Å². The van der Waals surface area contributed by atoms with E-state index in [0.29, 0.717) is 5.69 Å². The second-order valence-electron chi connectivity index (χ2n) is 4.40. The van der Waals surface area contributed by atoms with E-state index in [9.17, 15) is 14.9 Å². The van der Waals surface area contributed by atoms with Gasteiger partial charge in [0, 0.05) is 21.9 Å². The Balaban J connectivity index is 2.39. The number of hydrogen-bond acceptors (Lipinski definition) is 4. The molecule has 0 aromatic heterocycles. The number of rotatable bonds is 3. The molecule has 0 atom stereocenters. The fourth-order valence-corrected chi connectivity index (χ4v) is 2.19. The number of carbonyl (C=O) groups excluding carboxylic acids is 1. The first-order valence-corrected chi connectivity index (χ1v) is 6.80. The van der Waals surface area contributed by atoms with Crippen molar-refractivity contribution in [2.75, 3.05) is 11.1 Å². The molecular weight excluding hydrogens is 338 g/mol. The first-order valence-electron chi connectivity index (χ1n) is 6.00. The van der Waals surface area contributed by atoms with Crippen molar-refractivity contribution in [3.8, 4) is 0 Å². The van der Waals surface area contributed by atoms with Gasteiger partial charge < -0.3 is 11.1 Å². The van der Waals surface area contributed by atoms with Crippen LogP contribution < -0.4 is 11.1 Å². The number of nitrogens with two attached hydrogens (primary N) is 1. The van der Waals surface area contributed by atoms with E-state index in [4.69, 9.17) is 5.73 Å². The molecular formula is C14H12BrN3O3. The van der Waals surface area contributed by atoms with E-state index in [1.54, 1.807) is 12.1 Å². The molecule has 2 aromatic rings. The first kappa shape index (κ1) is 15.0. The van der Waals surface area contributed by atoms with E-state index in [-0.39, 0.29) is 16.9 Å². The number of halogens is 1. The van der Waals surface area contributed by atoms with Crippen LogP contribution in [0.4, 0.5) is 17.1 Å². The summed E-state index contributed by atoms with van der Waals surface area (Å²) in [6.45, 7) is 1.83. The van der Waals surface area contributed by atoms with E-state index < -0.39 is 10.8 Å². The van der Waals surface area contributed by atoms with Crippen LogP contribution in [-0.2, 0) is 0 Å². The Morgan fingerprint density at radius 1 is 1.33 bits per heavy atom. The van der Waals surface area contributed by atoms with Gasteiger partial charge in [0.25, 0.3) is 11.6 Å². The third kappa shape index (κ3) is 3.19. The molecule has 0 aliphatic rings. The lowest BCUT2D eigenvalue weighted by Gasteiger charge is -2.10. The molecule has 2 rings (SSSR count). The van der Waals surface area contributed by atoms with Crippen LogP contribution in [0.3, 0.4) is 0 Å². The lowest BCUT2D eigenvalue weighted by Crippen LogP contribution is -2.15. The van der Waals surface area contributed by atoms with E-state index >= 15 is 0 Å². The molecule has 0 spiro atoms. The molecule has 0 aliphatic carbocycles. The summed E-state index contributed by atoms with van der Waals surface area (Å²) in [7, 11) is 0. The van der Waals surface area contributed by atoms with Crippen molar-refractivity contribution in [2.45, 2.75) is 6.92 Å². The maximum atomic E-state index is 12.3. The van der Waals surface area contributed by atoms with E-state index in [2.05, 4.69) is 21.2 Å². The van der Waals surface area contributed by atoms with Gasteiger partial charge in [-0.1, -0.05) is 22.0 Å². The van der Waals surface area contributed by atoms with Gasteiger partial charge >= 0.3 is 0 Å². The third-order valence-electron chi connectivity index (χ3n) is 2.98. The summed E-state index contributed by atoms with van der Waals surface area (Å²) in [6, 6.07) is 9.22. The topological polar surface area (TPSA) is 98.3 Å². The number of anilines is 2. The molecule has 0 heterocycles. The van der Waals surface area contributed by atoms with Gasteiger partial charge in [-0.25, -0.2) is 0 Å². The minimum Gasteiger partial charge on any atom is -0.399 e. The smallest absolute Gasteiger partial charge is 0.282 e. The largest absolute Gasteiger partial charge is 0.399 e. The fraction of sp³-hybridized carbons (Fsp3) is 0.0714. The second-order valence-corrected chi connectivity index (χ2v) is 5.25. The molecule has 0 saturated carbocycles. The number of carbonyl (C=O) groups is 1. The van der Waals surface area contributed by atoms with Gasteiger partial charge in [-0.15, -0.1) is 0 Å². The van der Waals surface area contributed by atoms with Crippen LogP contribution in [0.2, 0.25) is 0 Å². The molecule has 1 amide bonds. The van der Waals surface area contributed by atoms with Crippen molar-refractivity contribution >= 4 is 38.9 Å². The molecule has 6 nitrogen and oxygen atoms in total. The third-order valence-corrected chi connectivity index (χ3v) is 3.84. The highest BCUT2D eigenvalue weighted by Crippen LogP contribution is 2.26. The van der Waals surface area contributed by atoms with Gasteiger partial charge in [-0.2, -0.15) is 0 Å². The van der Waals surface area contributed by atoms with Crippen molar-refractivity contribution < 1.29 is 9.72 Å². The van der Waals surface area contributed by atoms with Crippen LogP contribution in [0, 0.1) is 17.0 Å². The molecule has 0 radical (unpaired) electrons. The Kier molecular flexibility index (Phi) is 4.23. The zero-order valence-electron chi connectivity index (χ0n) is 11.1. The second kappa shape index (κ2) is 5.92. The molecule has 3 N–H and O–H groups in total. The highest BCUT2D eigenvalue weighted by Gasteiger charge is 2.21. The normalized spacial score (nSPS) is 10.2. The number of nitrogens with one attached hydrogen (secondary N) is 1. The van der Waals surface area contributed by atoms with Gasteiger partial charge in [0.05, 0.1) is 4.92 Å². The molecule has 108 valence electrons. The monoisotopic (exact) mass is 349 g/mol. The molecule has 2 aromatic carbocycles. The average Bonchev–Trinajstić information content (AvgIpc) is 2.43. The quantitative estimate of drug-likeness (QED) is 0.503. The molecule has 0 unspecified atom stereocenters. The van der Waals surface area contributed by atoms with Crippen molar-refractivity contribution in [1.29, 1.82) is 0 Å². The zero-order valence-corrected chi connectivity index (χ0v) is 12.7. The SMILES string of the molecule is Cc1c(Br)cccc1NC(=O)c1cc(N)ccc1[N+](=O)[O-]. The standard InChI is InChI=1S/C14H12BrN3O3/c1-8-11(15)3-2-4-12(8)17-14(19)10-7-9(16)5-6-13(10)18(20)21/h2-7H,16H2,1H3,(H,17,19). The number of nitrogens with zero attached hydrogens (tertiary/aromatic N) is 1. The number of hydrogen-bond donors (Lipinski definition) is 2. The van der Waals surface area contributed by atoms with Crippen molar-refractivity contribution in [1.82, 2.24) is 0 Å². The Morgan fingerprint density at radius 2 is 2.05 bits per heavy atom. The highest BCUT2D eigenvalue weighted by molar-refractivity contribution is 9.10. The zero-order chi connectivity index (χ0) is 15.6. The van der Waals surface area contributed by atoms with E-state index in [0.717, 1.165) is 10.0 Å². The predicted molar refractivity (Wildman–Crippen MR) is 84.3 cm³/mol. The summed E-state index contributed by atoms with van der Waals surface area (Å²) in [5, 5.41) is 13.6. The van der Waals surface area contributed by atoms with E-state index in [1.165, 1.54) is 18.2 Å². The molecule has 0 aliphatic heterocycles. The van der Waals surface area contributed by atoms with Crippen LogP contribution in [0.15, 0.2) is 40.9 Å². The lowest BCUT2D eigenvalue weighted by molar-refractivity contribution is -0.385. The van der Waals surface area contributed by atoms with Gasteiger partial charge in [0.15, 0.2) is 0 Å². The first-order chi connectivity index (χ1) is 9.90.